The third-order valence-corrected chi connectivity index (χ3v) is 7.29. The molecule has 178 valence electrons. The maximum absolute atomic E-state index is 14.3. The molecule has 6 rings (SSSR count). The van der Waals surface area contributed by atoms with Gasteiger partial charge in [0.05, 0.1) is 17.6 Å². The fourth-order valence-electron chi connectivity index (χ4n) is 5.65. The van der Waals surface area contributed by atoms with Crippen molar-refractivity contribution < 1.29 is 14.0 Å². The fraction of sp³-hybridized carbons (Fsp3) is 0.161. The van der Waals surface area contributed by atoms with Crippen LogP contribution < -0.4 is 0 Å². The zero-order valence-electron chi connectivity index (χ0n) is 19.7. The highest BCUT2D eigenvalue weighted by Gasteiger charge is 2.57. The van der Waals surface area contributed by atoms with Crippen LogP contribution in [0.25, 0.3) is 0 Å². The Bertz CT molecular complexity index is 1330. The summed E-state index contributed by atoms with van der Waals surface area (Å²) in [6.07, 6.45) is 0. The van der Waals surface area contributed by atoms with E-state index < -0.39 is 17.4 Å². The zero-order valence-corrected chi connectivity index (χ0v) is 19.7. The molecule has 4 aromatic carbocycles. The van der Waals surface area contributed by atoms with Crippen LogP contribution in [0, 0.1) is 5.82 Å². The summed E-state index contributed by atoms with van der Waals surface area (Å²) in [7, 11) is 0. The van der Waals surface area contributed by atoms with Gasteiger partial charge in [0, 0.05) is 13.1 Å². The van der Waals surface area contributed by atoms with Crippen LogP contribution in [0.1, 0.15) is 32.6 Å². The molecule has 4 nitrogen and oxygen atoms in total. The summed E-state index contributed by atoms with van der Waals surface area (Å²) in [6.45, 7) is 0.682. The predicted molar refractivity (Wildman–Crippen MR) is 136 cm³/mol. The van der Waals surface area contributed by atoms with Crippen molar-refractivity contribution in [2.75, 3.05) is 13.1 Å². The van der Waals surface area contributed by atoms with Gasteiger partial charge in [0.1, 0.15) is 11.9 Å². The van der Waals surface area contributed by atoms with Gasteiger partial charge < -0.3 is 4.90 Å². The van der Waals surface area contributed by atoms with Gasteiger partial charge in [-0.05, 0) is 28.3 Å². The largest absolute Gasteiger partial charge is 0.329 e. The van der Waals surface area contributed by atoms with Gasteiger partial charge in [-0.2, -0.15) is 0 Å². The molecule has 2 atom stereocenters. The first kappa shape index (κ1) is 22.4. The molecule has 2 heterocycles. The maximum atomic E-state index is 14.3. The van der Waals surface area contributed by atoms with Crippen molar-refractivity contribution in [2.24, 2.45) is 0 Å². The van der Waals surface area contributed by atoms with E-state index in [4.69, 9.17) is 0 Å². The first-order valence-corrected chi connectivity index (χ1v) is 12.1. The van der Waals surface area contributed by atoms with Gasteiger partial charge in [-0.1, -0.05) is 103 Å². The van der Waals surface area contributed by atoms with Crippen LogP contribution in [0.15, 0.2) is 109 Å². The average molecular weight is 477 g/mol. The third-order valence-electron chi connectivity index (χ3n) is 7.29. The zero-order chi connectivity index (χ0) is 24.7. The lowest BCUT2D eigenvalue weighted by atomic mass is 9.76. The lowest BCUT2D eigenvalue weighted by Crippen LogP contribution is -2.45. The Morgan fingerprint density at radius 3 is 1.78 bits per heavy atom. The molecular formula is C31H25FN2O2. The Hall–Kier alpha value is -4.09. The number of carbonyl (C=O) groups is 2. The van der Waals surface area contributed by atoms with Crippen LogP contribution in [-0.4, -0.2) is 40.6 Å². The number of hydrogen-bond donors (Lipinski definition) is 0. The van der Waals surface area contributed by atoms with Crippen molar-refractivity contribution in [1.82, 2.24) is 9.80 Å². The average Bonchev–Trinajstić information content (AvgIpc) is 3.72. The molecule has 1 amide bonds. The summed E-state index contributed by atoms with van der Waals surface area (Å²) in [5.41, 5.74) is 3.21. The molecule has 2 aliphatic rings. The monoisotopic (exact) mass is 476 g/mol. The molecule has 1 unspecified atom stereocenters. The molecule has 36 heavy (non-hydrogen) atoms. The minimum atomic E-state index is -0.673. The van der Waals surface area contributed by atoms with Gasteiger partial charge in [0.2, 0.25) is 5.91 Å². The van der Waals surface area contributed by atoms with Crippen molar-refractivity contribution in [2.45, 2.75) is 18.1 Å². The Morgan fingerprint density at radius 2 is 1.25 bits per heavy atom. The van der Waals surface area contributed by atoms with E-state index in [0.717, 1.165) is 16.7 Å². The molecule has 0 saturated carbocycles. The molecule has 5 heteroatoms. The minimum absolute atomic E-state index is 0.105. The lowest BCUT2D eigenvalue weighted by Gasteiger charge is -2.38. The quantitative estimate of drug-likeness (QED) is 0.300. The van der Waals surface area contributed by atoms with Crippen LogP contribution >= 0.6 is 0 Å². The second-order valence-corrected chi connectivity index (χ2v) is 9.37. The number of carbonyl (C=O) groups excluding carboxylic acids is 2. The van der Waals surface area contributed by atoms with Crippen molar-refractivity contribution in [3.8, 4) is 0 Å². The second-order valence-electron chi connectivity index (χ2n) is 9.37. The molecule has 0 spiro atoms. The number of halogens is 1. The summed E-state index contributed by atoms with van der Waals surface area (Å²) < 4.78 is 14.3. The number of hydrogen-bond acceptors (Lipinski definition) is 3. The number of ketones is 1. The summed E-state index contributed by atoms with van der Waals surface area (Å²) in [6, 6.07) is 34.9. The summed E-state index contributed by atoms with van der Waals surface area (Å²) >= 11 is 0. The number of rotatable bonds is 5. The van der Waals surface area contributed by atoms with Crippen molar-refractivity contribution in [3.05, 3.63) is 143 Å². The Kier molecular flexibility index (Phi) is 5.50. The normalized spacial score (nSPS) is 19.0. The highest BCUT2D eigenvalue weighted by Crippen LogP contribution is 2.48. The molecule has 0 N–H and O–H groups in total. The first-order chi connectivity index (χ1) is 17.6. The highest BCUT2D eigenvalue weighted by atomic mass is 19.1. The maximum Gasteiger partial charge on any atom is 0.242 e. The van der Waals surface area contributed by atoms with E-state index in [1.165, 1.54) is 6.07 Å². The number of benzene rings is 4. The lowest BCUT2D eigenvalue weighted by molar-refractivity contribution is -0.132. The van der Waals surface area contributed by atoms with Gasteiger partial charge in [-0.25, -0.2) is 4.39 Å². The number of nitrogens with zero attached hydrogens (tertiary/aromatic N) is 2. The van der Waals surface area contributed by atoms with E-state index in [9.17, 15) is 14.0 Å². The number of Topliss-reactive ketones (excluding diaryl/α,β-unsaturated/α-hetero) is 1. The Morgan fingerprint density at radius 1 is 0.722 bits per heavy atom. The van der Waals surface area contributed by atoms with E-state index >= 15 is 0 Å². The topological polar surface area (TPSA) is 40.4 Å². The number of fused-ring (bicyclic) bond motifs is 1. The van der Waals surface area contributed by atoms with Gasteiger partial charge in [0.15, 0.2) is 5.78 Å². The summed E-state index contributed by atoms with van der Waals surface area (Å²) in [5, 5.41) is 0. The summed E-state index contributed by atoms with van der Waals surface area (Å²) in [4.78, 5) is 30.3. The molecule has 0 radical (unpaired) electrons. The van der Waals surface area contributed by atoms with Crippen LogP contribution in [0.4, 0.5) is 4.39 Å². The molecule has 4 aromatic rings. The van der Waals surface area contributed by atoms with Crippen molar-refractivity contribution in [1.29, 1.82) is 0 Å². The third kappa shape index (κ3) is 3.55. The van der Waals surface area contributed by atoms with Crippen LogP contribution in [0.3, 0.4) is 0 Å². The van der Waals surface area contributed by atoms with Crippen molar-refractivity contribution in [3.63, 3.8) is 0 Å². The Balaban J connectivity index is 1.41. The molecule has 0 aromatic heterocycles. The van der Waals surface area contributed by atoms with Gasteiger partial charge in [-0.15, -0.1) is 0 Å². The van der Waals surface area contributed by atoms with E-state index in [1.54, 1.807) is 17.0 Å². The molecule has 0 bridgehead atoms. The van der Waals surface area contributed by atoms with Crippen molar-refractivity contribution >= 4 is 11.7 Å². The fourth-order valence-corrected chi connectivity index (χ4v) is 5.65. The van der Waals surface area contributed by atoms with Crippen LogP contribution in [0.5, 0.6) is 0 Å². The number of amides is 1. The SMILES string of the molecule is O=C1CN(C(=O)[C@@H]2CN2C(c2ccccc2)(c2ccccc2)c2ccccc2)Cc2cccc(F)c21. The predicted octanol–water partition coefficient (Wildman–Crippen LogP) is 5.03. The summed E-state index contributed by atoms with van der Waals surface area (Å²) in [5.74, 6) is -0.977. The molecule has 2 aliphatic heterocycles. The highest BCUT2D eigenvalue weighted by molar-refractivity contribution is 6.03. The Labute approximate surface area is 209 Å². The minimum Gasteiger partial charge on any atom is -0.329 e. The smallest absolute Gasteiger partial charge is 0.242 e. The molecular weight excluding hydrogens is 451 g/mol. The van der Waals surface area contributed by atoms with Gasteiger partial charge >= 0.3 is 0 Å². The van der Waals surface area contributed by atoms with E-state index in [1.807, 2.05) is 54.6 Å². The standard InChI is InChI=1S/C31H25FN2O2/c32-26-18-10-11-22-19-33(21-28(35)29(22)26)30(36)27-20-34(27)31(23-12-4-1-5-13-23,24-14-6-2-7-15-24)25-16-8-3-9-17-25/h1-18,27H,19-21H2/t27-,34?/m0/s1. The van der Waals surface area contributed by atoms with Gasteiger partial charge in [-0.3, -0.25) is 14.5 Å². The molecule has 1 saturated heterocycles. The second kappa shape index (κ2) is 8.85. The van der Waals surface area contributed by atoms with E-state index in [0.29, 0.717) is 12.1 Å². The molecule has 0 aliphatic carbocycles. The van der Waals surface area contributed by atoms with Crippen LogP contribution in [0.2, 0.25) is 0 Å². The van der Waals surface area contributed by atoms with Crippen LogP contribution in [-0.2, 0) is 16.9 Å². The van der Waals surface area contributed by atoms with E-state index in [2.05, 4.69) is 41.3 Å². The van der Waals surface area contributed by atoms with E-state index in [-0.39, 0.29) is 30.3 Å². The first-order valence-electron chi connectivity index (χ1n) is 12.1. The molecule has 1 fully saturated rings. The van der Waals surface area contributed by atoms with Gasteiger partial charge in [0.25, 0.3) is 0 Å².